The van der Waals surface area contributed by atoms with Crippen LogP contribution in [0.3, 0.4) is 0 Å². The molecule has 2 aromatic carbocycles. The van der Waals surface area contributed by atoms with E-state index in [1.54, 1.807) is 12.1 Å². The van der Waals surface area contributed by atoms with E-state index in [0.29, 0.717) is 28.4 Å². The number of rotatable bonds is 7. The minimum absolute atomic E-state index is 0.150. The van der Waals surface area contributed by atoms with Crippen molar-refractivity contribution in [3.05, 3.63) is 53.1 Å². The van der Waals surface area contributed by atoms with E-state index >= 15 is 0 Å². The van der Waals surface area contributed by atoms with E-state index in [-0.39, 0.29) is 11.7 Å². The standard InChI is InChI=1S/C19H18ClN3O3S/c1-3-25-15-8-5-13(6-9-15)18-22-23-19(26-18)27-11-17(24)21-16-10-14(20)7-4-12(16)2/h4-10H,3,11H2,1-2H3,(H,21,24). The van der Waals surface area contributed by atoms with Gasteiger partial charge in [-0.25, -0.2) is 0 Å². The van der Waals surface area contributed by atoms with Crippen molar-refractivity contribution in [1.82, 2.24) is 10.2 Å². The topological polar surface area (TPSA) is 77.2 Å². The lowest BCUT2D eigenvalue weighted by atomic mass is 10.2. The first-order chi connectivity index (χ1) is 13.0. The Morgan fingerprint density at radius 3 is 2.74 bits per heavy atom. The fourth-order valence-electron chi connectivity index (χ4n) is 2.29. The zero-order valence-corrected chi connectivity index (χ0v) is 16.4. The largest absolute Gasteiger partial charge is 0.494 e. The molecule has 0 aliphatic heterocycles. The Kier molecular flexibility index (Phi) is 6.36. The highest BCUT2D eigenvalue weighted by Gasteiger charge is 2.12. The van der Waals surface area contributed by atoms with Gasteiger partial charge in [0.05, 0.1) is 12.4 Å². The summed E-state index contributed by atoms with van der Waals surface area (Å²) in [5.74, 6) is 1.15. The Balaban J connectivity index is 1.57. The zero-order chi connectivity index (χ0) is 19.2. The Morgan fingerprint density at radius 2 is 2.00 bits per heavy atom. The third-order valence-corrected chi connectivity index (χ3v) is 4.67. The molecule has 1 aromatic heterocycles. The molecule has 3 aromatic rings. The molecule has 0 aliphatic rings. The molecule has 27 heavy (non-hydrogen) atoms. The third-order valence-electron chi connectivity index (χ3n) is 3.62. The number of anilines is 1. The summed E-state index contributed by atoms with van der Waals surface area (Å²) in [5, 5.41) is 11.7. The number of nitrogens with zero attached hydrogens (tertiary/aromatic N) is 2. The molecule has 0 spiro atoms. The first kappa shape index (κ1) is 19.3. The van der Waals surface area contributed by atoms with Crippen LogP contribution in [0.5, 0.6) is 5.75 Å². The molecule has 8 heteroatoms. The zero-order valence-electron chi connectivity index (χ0n) is 14.9. The van der Waals surface area contributed by atoms with E-state index in [4.69, 9.17) is 20.8 Å². The summed E-state index contributed by atoms with van der Waals surface area (Å²) in [6, 6.07) is 12.7. The van der Waals surface area contributed by atoms with Crippen LogP contribution in [-0.2, 0) is 4.79 Å². The molecular weight excluding hydrogens is 386 g/mol. The average Bonchev–Trinajstić information content (AvgIpc) is 3.13. The molecule has 0 atom stereocenters. The summed E-state index contributed by atoms with van der Waals surface area (Å²) < 4.78 is 11.0. The number of hydrogen-bond acceptors (Lipinski definition) is 6. The minimum Gasteiger partial charge on any atom is -0.494 e. The molecule has 3 rings (SSSR count). The second kappa shape index (κ2) is 8.92. The number of nitrogens with one attached hydrogen (secondary N) is 1. The van der Waals surface area contributed by atoms with E-state index in [9.17, 15) is 4.79 Å². The molecule has 140 valence electrons. The molecule has 0 fully saturated rings. The highest BCUT2D eigenvalue weighted by molar-refractivity contribution is 7.99. The SMILES string of the molecule is CCOc1ccc(-c2nnc(SCC(=O)Nc3cc(Cl)ccc3C)o2)cc1. The summed E-state index contributed by atoms with van der Waals surface area (Å²) in [7, 11) is 0. The van der Waals surface area contributed by atoms with E-state index in [1.807, 2.05) is 44.2 Å². The molecule has 0 aliphatic carbocycles. The molecule has 0 radical (unpaired) electrons. The number of carbonyl (C=O) groups is 1. The number of halogens is 1. The number of aryl methyl sites for hydroxylation is 1. The van der Waals surface area contributed by atoms with Crippen molar-refractivity contribution in [3.63, 3.8) is 0 Å². The quantitative estimate of drug-likeness (QED) is 0.569. The van der Waals surface area contributed by atoms with Crippen molar-refractivity contribution < 1.29 is 13.9 Å². The molecular formula is C19H18ClN3O3S. The van der Waals surface area contributed by atoms with Gasteiger partial charge in [0.1, 0.15) is 5.75 Å². The fourth-order valence-corrected chi connectivity index (χ4v) is 3.02. The van der Waals surface area contributed by atoms with Crippen molar-refractivity contribution in [3.8, 4) is 17.2 Å². The smallest absolute Gasteiger partial charge is 0.277 e. The van der Waals surface area contributed by atoms with Gasteiger partial charge >= 0.3 is 0 Å². The number of ether oxygens (including phenoxy) is 1. The van der Waals surface area contributed by atoms with Gasteiger partial charge in [-0.15, -0.1) is 10.2 Å². The van der Waals surface area contributed by atoms with Gasteiger partial charge < -0.3 is 14.5 Å². The van der Waals surface area contributed by atoms with E-state index in [2.05, 4.69) is 15.5 Å². The van der Waals surface area contributed by atoms with E-state index in [0.717, 1.165) is 16.9 Å². The number of aromatic nitrogens is 2. The maximum Gasteiger partial charge on any atom is 0.277 e. The minimum atomic E-state index is -0.175. The first-order valence-electron chi connectivity index (χ1n) is 8.30. The normalized spacial score (nSPS) is 10.6. The van der Waals surface area contributed by atoms with Gasteiger partial charge in [-0.2, -0.15) is 0 Å². The Hall–Kier alpha value is -2.51. The molecule has 1 amide bonds. The predicted molar refractivity (Wildman–Crippen MR) is 106 cm³/mol. The van der Waals surface area contributed by atoms with Crippen LogP contribution in [-0.4, -0.2) is 28.5 Å². The lowest BCUT2D eigenvalue weighted by Gasteiger charge is -2.07. The molecule has 1 heterocycles. The Morgan fingerprint density at radius 1 is 1.22 bits per heavy atom. The van der Waals surface area contributed by atoms with Gasteiger partial charge in [0.25, 0.3) is 5.22 Å². The lowest BCUT2D eigenvalue weighted by Crippen LogP contribution is -2.14. The Labute approximate surface area is 166 Å². The van der Waals surface area contributed by atoms with Crippen LogP contribution >= 0.6 is 23.4 Å². The van der Waals surface area contributed by atoms with Gasteiger partial charge in [0.2, 0.25) is 11.8 Å². The fraction of sp³-hybridized carbons (Fsp3) is 0.211. The molecule has 0 saturated heterocycles. The van der Waals surface area contributed by atoms with Crippen molar-refractivity contribution in [1.29, 1.82) is 0 Å². The van der Waals surface area contributed by atoms with Crippen LogP contribution < -0.4 is 10.1 Å². The Bertz CT molecular complexity index is 928. The third kappa shape index (κ3) is 5.24. The molecule has 1 N–H and O–H groups in total. The number of amides is 1. The second-order valence-corrected chi connectivity index (χ2v) is 6.99. The summed E-state index contributed by atoms with van der Waals surface area (Å²) >= 11 is 7.14. The van der Waals surface area contributed by atoms with Gasteiger partial charge in [-0.1, -0.05) is 29.4 Å². The average molecular weight is 404 g/mol. The van der Waals surface area contributed by atoms with Crippen molar-refractivity contribution in [2.24, 2.45) is 0 Å². The maximum absolute atomic E-state index is 12.1. The summed E-state index contributed by atoms with van der Waals surface area (Å²) in [4.78, 5) is 12.1. The van der Waals surface area contributed by atoms with Crippen molar-refractivity contribution in [2.45, 2.75) is 19.1 Å². The number of benzene rings is 2. The lowest BCUT2D eigenvalue weighted by molar-refractivity contribution is -0.113. The van der Waals surface area contributed by atoms with Gasteiger partial charge in [0.15, 0.2) is 0 Å². The highest BCUT2D eigenvalue weighted by atomic mass is 35.5. The predicted octanol–water partition coefficient (Wildman–Crippen LogP) is 4.83. The van der Waals surface area contributed by atoms with Crippen LogP contribution in [0, 0.1) is 6.92 Å². The number of hydrogen-bond donors (Lipinski definition) is 1. The highest BCUT2D eigenvalue weighted by Crippen LogP contribution is 2.25. The van der Waals surface area contributed by atoms with Crippen molar-refractivity contribution in [2.75, 3.05) is 17.7 Å². The van der Waals surface area contributed by atoms with Gasteiger partial charge in [-0.05, 0) is 55.8 Å². The van der Waals surface area contributed by atoms with E-state index in [1.165, 1.54) is 11.8 Å². The van der Waals surface area contributed by atoms with Crippen LogP contribution in [0.4, 0.5) is 5.69 Å². The van der Waals surface area contributed by atoms with Crippen LogP contribution in [0.25, 0.3) is 11.5 Å². The van der Waals surface area contributed by atoms with Crippen molar-refractivity contribution >= 4 is 35.0 Å². The number of thioether (sulfide) groups is 1. The summed E-state index contributed by atoms with van der Waals surface area (Å²) in [6.45, 7) is 4.44. The molecule has 0 unspecified atom stereocenters. The van der Waals surface area contributed by atoms with Gasteiger partial charge in [0, 0.05) is 16.3 Å². The number of carbonyl (C=O) groups excluding carboxylic acids is 1. The molecule has 0 bridgehead atoms. The van der Waals surface area contributed by atoms with Crippen LogP contribution in [0.2, 0.25) is 5.02 Å². The van der Waals surface area contributed by atoms with Gasteiger partial charge in [-0.3, -0.25) is 4.79 Å². The summed E-state index contributed by atoms with van der Waals surface area (Å²) in [6.07, 6.45) is 0. The van der Waals surface area contributed by atoms with Crippen LogP contribution in [0.15, 0.2) is 52.1 Å². The maximum atomic E-state index is 12.1. The molecule has 0 saturated carbocycles. The molecule has 6 nitrogen and oxygen atoms in total. The first-order valence-corrected chi connectivity index (χ1v) is 9.67. The second-order valence-electron chi connectivity index (χ2n) is 5.63. The monoisotopic (exact) mass is 403 g/mol. The van der Waals surface area contributed by atoms with E-state index < -0.39 is 0 Å². The van der Waals surface area contributed by atoms with Crippen LogP contribution in [0.1, 0.15) is 12.5 Å². The summed E-state index contributed by atoms with van der Waals surface area (Å²) in [5.41, 5.74) is 2.42.